The van der Waals surface area contributed by atoms with E-state index >= 15 is 0 Å². The van der Waals surface area contributed by atoms with Crippen LogP contribution in [-0.2, 0) is 0 Å². The molecule has 1 rings (SSSR count). The highest BCUT2D eigenvalue weighted by atomic mass is 35.5. The first-order chi connectivity index (χ1) is 7.74. The van der Waals surface area contributed by atoms with Crippen LogP contribution in [0.5, 0.6) is 0 Å². The van der Waals surface area contributed by atoms with E-state index in [2.05, 4.69) is 6.92 Å². The highest BCUT2D eigenvalue weighted by molar-refractivity contribution is 7.99. The van der Waals surface area contributed by atoms with Gasteiger partial charge in [0.2, 0.25) is 0 Å². The van der Waals surface area contributed by atoms with Crippen LogP contribution in [-0.4, -0.2) is 5.75 Å². The van der Waals surface area contributed by atoms with Crippen LogP contribution in [0.4, 0.5) is 5.69 Å². The molecule has 0 amide bonds. The molecule has 1 aromatic carbocycles. The highest BCUT2D eigenvalue weighted by Gasteiger charge is 2.00. The van der Waals surface area contributed by atoms with Crippen molar-refractivity contribution in [3.05, 3.63) is 23.2 Å². The van der Waals surface area contributed by atoms with E-state index in [1.807, 2.05) is 30.0 Å². The lowest BCUT2D eigenvalue weighted by Crippen LogP contribution is -1.89. The fraction of sp³-hybridized carbons (Fsp3) is 0.538. The molecule has 0 aliphatic rings. The maximum atomic E-state index is 5.88. The Morgan fingerprint density at radius 1 is 1.19 bits per heavy atom. The largest absolute Gasteiger partial charge is 0.398 e. The number of hydrogen-bond acceptors (Lipinski definition) is 2. The molecule has 90 valence electrons. The lowest BCUT2D eigenvalue weighted by atomic mass is 10.2. The second-order valence-corrected chi connectivity index (χ2v) is 5.52. The summed E-state index contributed by atoms with van der Waals surface area (Å²) in [5, 5.41) is 0.713. The summed E-state index contributed by atoms with van der Waals surface area (Å²) in [6.45, 7) is 2.24. The van der Waals surface area contributed by atoms with Gasteiger partial charge in [0, 0.05) is 15.6 Å². The van der Waals surface area contributed by atoms with Gasteiger partial charge in [-0.3, -0.25) is 0 Å². The molecule has 0 unspecified atom stereocenters. The van der Waals surface area contributed by atoms with Crippen LogP contribution in [0.1, 0.15) is 39.0 Å². The van der Waals surface area contributed by atoms with Gasteiger partial charge in [0.05, 0.1) is 0 Å². The van der Waals surface area contributed by atoms with Crippen molar-refractivity contribution in [2.24, 2.45) is 0 Å². The minimum absolute atomic E-state index is 0.713. The van der Waals surface area contributed by atoms with Gasteiger partial charge >= 0.3 is 0 Å². The topological polar surface area (TPSA) is 26.0 Å². The van der Waals surface area contributed by atoms with Gasteiger partial charge in [-0.1, -0.05) is 44.2 Å². The first kappa shape index (κ1) is 13.7. The third kappa shape index (κ3) is 5.13. The Labute approximate surface area is 108 Å². The Bertz CT molecular complexity index is 315. The molecule has 0 aliphatic heterocycles. The molecular weight excluding hydrogens is 238 g/mol. The van der Waals surface area contributed by atoms with Gasteiger partial charge in [0.15, 0.2) is 0 Å². The van der Waals surface area contributed by atoms with Gasteiger partial charge < -0.3 is 5.73 Å². The molecule has 0 saturated heterocycles. The van der Waals surface area contributed by atoms with Gasteiger partial charge in [-0.15, -0.1) is 11.8 Å². The van der Waals surface area contributed by atoms with Gasteiger partial charge in [0.1, 0.15) is 0 Å². The summed E-state index contributed by atoms with van der Waals surface area (Å²) in [5.41, 5.74) is 6.68. The maximum absolute atomic E-state index is 5.88. The van der Waals surface area contributed by atoms with Crippen molar-refractivity contribution >= 4 is 29.1 Å². The van der Waals surface area contributed by atoms with Crippen molar-refractivity contribution in [1.29, 1.82) is 0 Å². The molecule has 0 saturated carbocycles. The summed E-state index contributed by atoms with van der Waals surface area (Å²) in [6.07, 6.45) is 6.61. The number of thioether (sulfide) groups is 1. The number of unbranched alkanes of at least 4 members (excludes halogenated alkanes) is 4. The zero-order valence-corrected chi connectivity index (χ0v) is 11.4. The zero-order chi connectivity index (χ0) is 11.8. The van der Waals surface area contributed by atoms with Crippen LogP contribution in [0.2, 0.25) is 5.02 Å². The van der Waals surface area contributed by atoms with Crippen LogP contribution < -0.4 is 5.73 Å². The van der Waals surface area contributed by atoms with Gasteiger partial charge in [-0.05, 0) is 30.4 Å². The Morgan fingerprint density at radius 2 is 1.94 bits per heavy atom. The number of nitrogen functional groups attached to an aromatic ring is 1. The van der Waals surface area contributed by atoms with Crippen molar-refractivity contribution in [2.45, 2.75) is 43.9 Å². The summed E-state index contributed by atoms with van der Waals surface area (Å²) in [7, 11) is 0. The summed E-state index contributed by atoms with van der Waals surface area (Å²) in [4.78, 5) is 1.15. The minimum atomic E-state index is 0.713. The van der Waals surface area contributed by atoms with Crippen molar-refractivity contribution in [3.8, 4) is 0 Å². The second kappa shape index (κ2) is 7.86. The predicted molar refractivity (Wildman–Crippen MR) is 75.3 cm³/mol. The third-order valence-corrected chi connectivity index (χ3v) is 3.89. The Morgan fingerprint density at radius 3 is 2.62 bits per heavy atom. The predicted octanol–water partition coefficient (Wildman–Crippen LogP) is 4.98. The van der Waals surface area contributed by atoms with E-state index in [9.17, 15) is 0 Å². The van der Waals surface area contributed by atoms with Crippen molar-refractivity contribution in [2.75, 3.05) is 11.5 Å². The molecule has 0 atom stereocenters. The lowest BCUT2D eigenvalue weighted by Gasteiger charge is -2.05. The lowest BCUT2D eigenvalue weighted by molar-refractivity contribution is 0.659. The summed E-state index contributed by atoms with van der Waals surface area (Å²) in [6, 6.07) is 5.73. The van der Waals surface area contributed by atoms with E-state index in [4.69, 9.17) is 17.3 Å². The first-order valence-electron chi connectivity index (χ1n) is 5.92. The van der Waals surface area contributed by atoms with Crippen molar-refractivity contribution in [3.63, 3.8) is 0 Å². The van der Waals surface area contributed by atoms with Crippen LogP contribution >= 0.6 is 23.4 Å². The smallest absolute Gasteiger partial charge is 0.0467 e. The fourth-order valence-corrected chi connectivity index (χ4v) is 2.68. The van der Waals surface area contributed by atoms with E-state index in [1.54, 1.807) is 0 Å². The number of nitrogens with two attached hydrogens (primary N) is 1. The molecule has 3 heteroatoms. The minimum Gasteiger partial charge on any atom is -0.398 e. The molecule has 2 N–H and O–H groups in total. The number of benzene rings is 1. The van der Waals surface area contributed by atoms with E-state index in [0.29, 0.717) is 5.02 Å². The normalized spacial score (nSPS) is 10.6. The number of halogens is 1. The molecule has 0 bridgehead atoms. The molecule has 1 aromatic rings. The Hall–Kier alpha value is -0.340. The van der Waals surface area contributed by atoms with Crippen LogP contribution in [0.25, 0.3) is 0 Å². The highest BCUT2D eigenvalue weighted by Crippen LogP contribution is 2.28. The summed E-state index contributed by atoms with van der Waals surface area (Å²) >= 11 is 7.68. The number of anilines is 1. The number of hydrogen-bond donors (Lipinski definition) is 1. The van der Waals surface area contributed by atoms with E-state index in [1.165, 1.54) is 32.1 Å². The molecule has 16 heavy (non-hydrogen) atoms. The van der Waals surface area contributed by atoms with E-state index in [0.717, 1.165) is 16.3 Å². The monoisotopic (exact) mass is 257 g/mol. The van der Waals surface area contributed by atoms with E-state index in [-0.39, 0.29) is 0 Å². The second-order valence-electron chi connectivity index (χ2n) is 3.94. The summed E-state index contributed by atoms with van der Waals surface area (Å²) in [5.74, 6) is 1.15. The number of rotatable bonds is 7. The molecule has 0 radical (unpaired) electrons. The van der Waals surface area contributed by atoms with Gasteiger partial charge in [0.25, 0.3) is 0 Å². The van der Waals surface area contributed by atoms with Gasteiger partial charge in [-0.2, -0.15) is 0 Å². The SMILES string of the molecule is CCCCCCCSc1ccc(Cl)cc1N. The van der Waals surface area contributed by atoms with Crippen molar-refractivity contribution < 1.29 is 0 Å². The first-order valence-corrected chi connectivity index (χ1v) is 7.28. The average Bonchev–Trinajstić information content (AvgIpc) is 2.26. The molecule has 0 spiro atoms. The fourth-order valence-electron chi connectivity index (χ4n) is 1.54. The third-order valence-electron chi connectivity index (χ3n) is 2.48. The quantitative estimate of drug-likeness (QED) is 0.423. The zero-order valence-electron chi connectivity index (χ0n) is 9.84. The standard InChI is InChI=1S/C13H20ClNS/c1-2-3-4-5-6-9-16-13-8-7-11(14)10-12(13)15/h7-8,10H,2-6,9,15H2,1H3. The molecule has 0 heterocycles. The van der Waals surface area contributed by atoms with Crippen molar-refractivity contribution in [1.82, 2.24) is 0 Å². The average molecular weight is 258 g/mol. The Kier molecular flexibility index (Phi) is 6.74. The van der Waals surface area contributed by atoms with Crippen LogP contribution in [0.3, 0.4) is 0 Å². The molecule has 1 nitrogen and oxygen atoms in total. The van der Waals surface area contributed by atoms with E-state index < -0.39 is 0 Å². The summed E-state index contributed by atoms with van der Waals surface area (Å²) < 4.78 is 0. The van der Waals surface area contributed by atoms with Gasteiger partial charge in [-0.25, -0.2) is 0 Å². The maximum Gasteiger partial charge on any atom is 0.0467 e. The molecule has 0 aliphatic carbocycles. The molecule has 0 fully saturated rings. The molecular formula is C13H20ClNS. The Balaban J connectivity index is 2.21. The molecule has 0 aromatic heterocycles. The van der Waals surface area contributed by atoms with Crippen LogP contribution in [0, 0.1) is 0 Å². The van der Waals surface area contributed by atoms with Crippen LogP contribution in [0.15, 0.2) is 23.1 Å².